The van der Waals surface area contributed by atoms with Crippen molar-refractivity contribution in [2.75, 3.05) is 6.61 Å². The molecule has 0 saturated carbocycles. The molecule has 0 amide bonds. The van der Waals surface area contributed by atoms with Crippen LogP contribution in [-0.4, -0.2) is 17.3 Å². The molecule has 0 N–H and O–H groups in total. The Bertz CT molecular complexity index is 422. The Morgan fingerprint density at radius 2 is 2.38 bits per heavy atom. The van der Waals surface area contributed by atoms with Gasteiger partial charge in [-0.25, -0.2) is 0 Å². The van der Waals surface area contributed by atoms with Gasteiger partial charge in [-0.15, -0.1) is 11.6 Å². The Balaban J connectivity index is 2.27. The van der Waals surface area contributed by atoms with Gasteiger partial charge in [-0.1, -0.05) is 6.07 Å². The normalized spacial score (nSPS) is 20.2. The molecule has 2 heterocycles. The van der Waals surface area contributed by atoms with Gasteiger partial charge in [0.05, 0.1) is 18.5 Å². The molecule has 1 saturated heterocycles. The lowest BCUT2D eigenvalue weighted by Crippen LogP contribution is -2.29. The van der Waals surface area contributed by atoms with Crippen molar-refractivity contribution in [3.8, 4) is 0 Å². The van der Waals surface area contributed by atoms with E-state index in [4.69, 9.17) is 16.3 Å². The number of rotatable bonds is 3. The summed E-state index contributed by atoms with van der Waals surface area (Å²) in [5, 5.41) is 0. The second-order valence-electron chi connectivity index (χ2n) is 4.18. The maximum Gasteiger partial charge on any atom is 0.255 e. The molecule has 4 heteroatoms. The number of hydrogen-bond acceptors (Lipinski definition) is 2. The fraction of sp³-hybridized carbons (Fsp3) is 0.583. The van der Waals surface area contributed by atoms with Gasteiger partial charge in [0, 0.05) is 17.9 Å². The zero-order chi connectivity index (χ0) is 11.5. The van der Waals surface area contributed by atoms with E-state index in [-0.39, 0.29) is 17.5 Å². The monoisotopic (exact) mass is 241 g/mol. The molecular formula is C12H16ClNO2. The minimum atomic E-state index is 0.0190. The molecule has 3 nitrogen and oxygen atoms in total. The van der Waals surface area contributed by atoms with Crippen LogP contribution in [0.2, 0.25) is 0 Å². The first kappa shape index (κ1) is 11.7. The van der Waals surface area contributed by atoms with E-state index in [1.165, 1.54) is 0 Å². The second kappa shape index (κ2) is 5.02. The Morgan fingerprint density at radius 3 is 3.00 bits per heavy atom. The van der Waals surface area contributed by atoms with Gasteiger partial charge in [0.1, 0.15) is 0 Å². The van der Waals surface area contributed by atoms with Crippen LogP contribution in [0.4, 0.5) is 0 Å². The predicted molar refractivity (Wildman–Crippen MR) is 64.0 cm³/mol. The number of hydrogen-bond donors (Lipinski definition) is 0. The summed E-state index contributed by atoms with van der Waals surface area (Å²) in [4.78, 5) is 12.0. The third-order valence-electron chi connectivity index (χ3n) is 3.03. The first-order valence-electron chi connectivity index (χ1n) is 5.59. The molecule has 2 rings (SSSR count). The van der Waals surface area contributed by atoms with Crippen LogP contribution in [0, 0.1) is 6.92 Å². The van der Waals surface area contributed by atoms with E-state index in [1.807, 2.05) is 13.0 Å². The maximum atomic E-state index is 12.0. The summed E-state index contributed by atoms with van der Waals surface area (Å²) in [5.41, 5.74) is 1.64. The topological polar surface area (TPSA) is 31.2 Å². The lowest BCUT2D eigenvalue weighted by atomic mass is 10.2. The first-order chi connectivity index (χ1) is 7.72. The Labute approximate surface area is 100.0 Å². The molecule has 0 bridgehead atoms. The number of ether oxygens (including phenoxy) is 1. The summed E-state index contributed by atoms with van der Waals surface area (Å²) in [7, 11) is 0. The average Bonchev–Trinajstić information content (AvgIpc) is 2.77. The van der Waals surface area contributed by atoms with Gasteiger partial charge in [-0.2, -0.15) is 0 Å². The zero-order valence-corrected chi connectivity index (χ0v) is 10.2. The summed E-state index contributed by atoms with van der Waals surface area (Å²) in [6.07, 6.45) is 2.31. The fourth-order valence-corrected chi connectivity index (χ4v) is 2.24. The summed E-state index contributed by atoms with van der Waals surface area (Å²) in [5.74, 6) is 0.268. The third kappa shape index (κ3) is 2.30. The van der Waals surface area contributed by atoms with Crippen LogP contribution in [0.3, 0.4) is 0 Å². The Morgan fingerprint density at radius 1 is 1.56 bits per heavy atom. The van der Waals surface area contributed by atoms with E-state index in [1.54, 1.807) is 10.6 Å². The van der Waals surface area contributed by atoms with E-state index < -0.39 is 0 Å². The summed E-state index contributed by atoms with van der Waals surface area (Å²) < 4.78 is 7.32. The van der Waals surface area contributed by atoms with E-state index in [0.29, 0.717) is 12.1 Å². The average molecular weight is 242 g/mol. The van der Waals surface area contributed by atoms with E-state index in [2.05, 4.69) is 0 Å². The van der Waals surface area contributed by atoms with Crippen molar-refractivity contribution in [1.29, 1.82) is 0 Å². The van der Waals surface area contributed by atoms with Crippen LogP contribution in [0.25, 0.3) is 0 Å². The van der Waals surface area contributed by atoms with Crippen molar-refractivity contribution in [2.24, 2.45) is 0 Å². The fourth-order valence-electron chi connectivity index (χ4n) is 2.04. The summed E-state index contributed by atoms with van der Waals surface area (Å²) in [6.45, 7) is 3.40. The molecule has 0 aliphatic carbocycles. The highest BCUT2D eigenvalue weighted by molar-refractivity contribution is 6.17. The zero-order valence-electron chi connectivity index (χ0n) is 9.41. The molecular weight excluding hydrogens is 226 g/mol. The molecule has 1 aliphatic rings. The molecule has 1 unspecified atom stereocenters. The molecule has 88 valence electrons. The molecule has 16 heavy (non-hydrogen) atoms. The van der Waals surface area contributed by atoms with Crippen LogP contribution in [0.1, 0.15) is 24.1 Å². The molecule has 1 aromatic rings. The van der Waals surface area contributed by atoms with E-state index >= 15 is 0 Å². The molecule has 1 fully saturated rings. The highest BCUT2D eigenvalue weighted by atomic mass is 35.5. The van der Waals surface area contributed by atoms with Crippen molar-refractivity contribution in [1.82, 2.24) is 4.57 Å². The minimum Gasteiger partial charge on any atom is -0.376 e. The lowest BCUT2D eigenvalue weighted by Gasteiger charge is -2.15. The van der Waals surface area contributed by atoms with E-state index in [0.717, 1.165) is 25.1 Å². The van der Waals surface area contributed by atoms with Crippen LogP contribution in [-0.2, 0) is 17.2 Å². The van der Waals surface area contributed by atoms with Gasteiger partial charge < -0.3 is 9.30 Å². The number of alkyl halides is 1. The highest BCUT2D eigenvalue weighted by Gasteiger charge is 2.17. The SMILES string of the molecule is Cc1ccc(CCl)c(=O)n1CC1CCCO1. The van der Waals surface area contributed by atoms with Crippen molar-refractivity contribution in [3.05, 3.63) is 33.7 Å². The molecule has 0 spiro atoms. The molecule has 0 aromatic carbocycles. The van der Waals surface area contributed by atoms with Crippen LogP contribution < -0.4 is 5.56 Å². The number of aromatic nitrogens is 1. The second-order valence-corrected chi connectivity index (χ2v) is 4.45. The molecule has 1 atom stereocenters. The lowest BCUT2D eigenvalue weighted by molar-refractivity contribution is 0.0956. The Kier molecular flexibility index (Phi) is 3.66. The first-order valence-corrected chi connectivity index (χ1v) is 6.12. The Hall–Kier alpha value is -0.800. The molecule has 0 radical (unpaired) electrons. The standard InChI is InChI=1S/C12H16ClNO2/c1-9-4-5-10(7-13)12(15)14(9)8-11-3-2-6-16-11/h4-5,11H,2-3,6-8H2,1H3. The number of halogens is 1. The maximum absolute atomic E-state index is 12.0. The number of aryl methyl sites for hydroxylation is 1. The van der Waals surface area contributed by atoms with Crippen LogP contribution in [0.5, 0.6) is 0 Å². The van der Waals surface area contributed by atoms with Gasteiger partial charge in [0.25, 0.3) is 5.56 Å². The summed E-state index contributed by atoms with van der Waals surface area (Å²) >= 11 is 5.73. The van der Waals surface area contributed by atoms with Crippen molar-refractivity contribution >= 4 is 11.6 Å². The molecule has 1 aliphatic heterocycles. The quantitative estimate of drug-likeness (QED) is 0.759. The number of nitrogens with zero attached hydrogens (tertiary/aromatic N) is 1. The smallest absolute Gasteiger partial charge is 0.255 e. The van der Waals surface area contributed by atoms with Crippen molar-refractivity contribution in [3.63, 3.8) is 0 Å². The largest absolute Gasteiger partial charge is 0.376 e. The minimum absolute atomic E-state index is 0.0190. The van der Waals surface area contributed by atoms with Crippen LogP contribution >= 0.6 is 11.6 Å². The third-order valence-corrected chi connectivity index (χ3v) is 3.31. The van der Waals surface area contributed by atoms with Crippen molar-refractivity contribution in [2.45, 2.75) is 38.3 Å². The van der Waals surface area contributed by atoms with Gasteiger partial charge in [0.15, 0.2) is 0 Å². The molecule has 1 aromatic heterocycles. The number of pyridine rings is 1. The van der Waals surface area contributed by atoms with Gasteiger partial charge >= 0.3 is 0 Å². The van der Waals surface area contributed by atoms with Gasteiger partial charge in [-0.05, 0) is 25.8 Å². The summed E-state index contributed by atoms with van der Waals surface area (Å²) in [6, 6.07) is 3.74. The van der Waals surface area contributed by atoms with Crippen molar-refractivity contribution < 1.29 is 4.74 Å². The van der Waals surface area contributed by atoms with Gasteiger partial charge in [-0.3, -0.25) is 4.79 Å². The predicted octanol–water partition coefficient (Wildman–Crippen LogP) is 2.07. The van der Waals surface area contributed by atoms with E-state index in [9.17, 15) is 4.79 Å². The van der Waals surface area contributed by atoms with Gasteiger partial charge in [0.2, 0.25) is 0 Å². The highest BCUT2D eigenvalue weighted by Crippen LogP contribution is 2.14. The van der Waals surface area contributed by atoms with Crippen LogP contribution in [0.15, 0.2) is 16.9 Å².